The summed E-state index contributed by atoms with van der Waals surface area (Å²) in [6.07, 6.45) is 2.05. The van der Waals surface area contributed by atoms with Crippen LogP contribution in [0.1, 0.15) is 36.3 Å². The number of nitriles is 1. The summed E-state index contributed by atoms with van der Waals surface area (Å²) in [5, 5.41) is 14.5. The van der Waals surface area contributed by atoms with Gasteiger partial charge in [0.05, 0.1) is 43.9 Å². The Morgan fingerprint density at radius 2 is 1.76 bits per heavy atom. The van der Waals surface area contributed by atoms with Crippen molar-refractivity contribution in [2.24, 2.45) is 0 Å². The van der Waals surface area contributed by atoms with Crippen molar-refractivity contribution in [3.8, 4) is 23.3 Å². The topological polar surface area (TPSA) is 80.6 Å². The summed E-state index contributed by atoms with van der Waals surface area (Å²) in [6, 6.07) is 16.2. The molecule has 0 radical (unpaired) electrons. The number of dihydropyridines is 1. The lowest BCUT2D eigenvalue weighted by Crippen LogP contribution is -2.31. The molecule has 1 atom stereocenters. The molecule has 1 N–H and O–H groups in total. The van der Waals surface area contributed by atoms with Crippen LogP contribution in [0.2, 0.25) is 0 Å². The summed E-state index contributed by atoms with van der Waals surface area (Å²) in [6.45, 7) is 0. The van der Waals surface area contributed by atoms with E-state index >= 15 is 0 Å². The Morgan fingerprint density at radius 1 is 1.06 bits per heavy atom. The van der Waals surface area contributed by atoms with Gasteiger partial charge in [0.2, 0.25) is 5.75 Å². The van der Waals surface area contributed by atoms with Gasteiger partial charge in [-0.05, 0) is 36.1 Å². The Hall–Kier alpha value is -3.37. The second-order valence-corrected chi connectivity index (χ2v) is 8.80. The molecule has 1 aliphatic heterocycles. The van der Waals surface area contributed by atoms with Crippen molar-refractivity contribution >= 4 is 17.5 Å². The van der Waals surface area contributed by atoms with E-state index in [0.717, 1.165) is 34.7 Å². The Balaban J connectivity index is 1.83. The van der Waals surface area contributed by atoms with E-state index in [1.165, 1.54) is 0 Å². The number of Topliss-reactive ketones (excluding diaryl/α,β-unsaturated/α-hetero) is 1. The molecule has 0 saturated carbocycles. The molecule has 0 spiro atoms. The standard InChI is InChI=1S/C26H26N2O4S/c1-30-21-12-17(13-22(31-2)25(21)32-3)23-18(14-27)26(33-15-16-8-5-4-6-9-16)28-19-10-7-11-20(29)24(19)23/h4-6,8-9,12-13,23,28H,7,10-11,15H2,1-3H3. The smallest absolute Gasteiger partial charge is 0.203 e. The zero-order valence-corrected chi connectivity index (χ0v) is 19.8. The number of hydrogen-bond donors (Lipinski definition) is 1. The lowest BCUT2D eigenvalue weighted by atomic mass is 9.76. The van der Waals surface area contributed by atoms with Crippen LogP contribution in [-0.4, -0.2) is 27.1 Å². The zero-order chi connectivity index (χ0) is 23.4. The van der Waals surface area contributed by atoms with Crippen LogP contribution in [0.5, 0.6) is 17.2 Å². The molecular formula is C26H26N2O4S. The first-order valence-electron chi connectivity index (χ1n) is 10.7. The summed E-state index contributed by atoms with van der Waals surface area (Å²) in [5.41, 5.74) is 4.02. The number of thioether (sulfide) groups is 1. The van der Waals surface area contributed by atoms with E-state index in [9.17, 15) is 10.1 Å². The number of ether oxygens (including phenoxy) is 3. The number of benzene rings is 2. The molecule has 1 aliphatic carbocycles. The van der Waals surface area contributed by atoms with Crippen molar-refractivity contribution in [1.82, 2.24) is 5.32 Å². The highest BCUT2D eigenvalue weighted by Gasteiger charge is 2.38. The van der Waals surface area contributed by atoms with Crippen LogP contribution in [0.25, 0.3) is 0 Å². The Bertz CT molecular complexity index is 1140. The van der Waals surface area contributed by atoms with E-state index < -0.39 is 5.92 Å². The molecule has 0 bridgehead atoms. The fourth-order valence-corrected chi connectivity index (χ4v) is 5.39. The largest absolute Gasteiger partial charge is 0.493 e. The monoisotopic (exact) mass is 462 g/mol. The van der Waals surface area contributed by atoms with Crippen molar-refractivity contribution < 1.29 is 19.0 Å². The van der Waals surface area contributed by atoms with Gasteiger partial charge in [0.25, 0.3) is 0 Å². The molecule has 1 unspecified atom stereocenters. The average Bonchev–Trinajstić information content (AvgIpc) is 2.86. The number of methoxy groups -OCH3 is 3. The van der Waals surface area contributed by atoms with Gasteiger partial charge in [0.1, 0.15) is 0 Å². The maximum absolute atomic E-state index is 13.1. The number of carbonyl (C=O) groups is 1. The van der Waals surface area contributed by atoms with Crippen LogP contribution >= 0.6 is 11.8 Å². The maximum atomic E-state index is 13.1. The van der Waals surface area contributed by atoms with E-state index in [4.69, 9.17) is 14.2 Å². The van der Waals surface area contributed by atoms with Crippen molar-refractivity contribution in [2.75, 3.05) is 21.3 Å². The zero-order valence-electron chi connectivity index (χ0n) is 18.9. The van der Waals surface area contributed by atoms with Crippen LogP contribution in [0.3, 0.4) is 0 Å². The first kappa shape index (κ1) is 22.8. The van der Waals surface area contributed by atoms with Gasteiger partial charge in [-0.15, -0.1) is 11.8 Å². The minimum absolute atomic E-state index is 0.0716. The van der Waals surface area contributed by atoms with Crippen LogP contribution in [-0.2, 0) is 10.5 Å². The van der Waals surface area contributed by atoms with Crippen molar-refractivity contribution in [2.45, 2.75) is 30.9 Å². The molecule has 2 aromatic rings. The van der Waals surface area contributed by atoms with E-state index in [1.807, 2.05) is 30.3 Å². The average molecular weight is 463 g/mol. The van der Waals surface area contributed by atoms with Gasteiger partial charge in [-0.25, -0.2) is 0 Å². The highest BCUT2D eigenvalue weighted by atomic mass is 32.2. The van der Waals surface area contributed by atoms with Gasteiger partial charge in [-0.3, -0.25) is 4.79 Å². The Morgan fingerprint density at radius 3 is 2.36 bits per heavy atom. The minimum Gasteiger partial charge on any atom is -0.493 e. The van der Waals surface area contributed by atoms with E-state index in [0.29, 0.717) is 40.6 Å². The Labute approximate surface area is 198 Å². The number of nitrogens with one attached hydrogen (secondary N) is 1. The van der Waals surface area contributed by atoms with Crippen molar-refractivity contribution in [3.05, 3.63) is 75.5 Å². The quantitative estimate of drug-likeness (QED) is 0.615. The predicted molar refractivity (Wildman–Crippen MR) is 128 cm³/mol. The molecule has 7 heteroatoms. The second kappa shape index (κ2) is 10.1. The molecule has 170 valence electrons. The predicted octanol–water partition coefficient (Wildman–Crippen LogP) is 5.07. The summed E-state index contributed by atoms with van der Waals surface area (Å²) >= 11 is 1.58. The molecular weight excluding hydrogens is 436 g/mol. The second-order valence-electron chi connectivity index (χ2n) is 7.81. The van der Waals surface area contributed by atoms with Crippen molar-refractivity contribution in [1.29, 1.82) is 5.26 Å². The number of ketones is 1. The fraction of sp³-hybridized carbons (Fsp3) is 0.308. The molecule has 0 amide bonds. The summed E-state index contributed by atoms with van der Waals surface area (Å²) in [7, 11) is 4.67. The highest BCUT2D eigenvalue weighted by Crippen LogP contribution is 2.48. The van der Waals surface area contributed by atoms with Gasteiger partial charge in [-0.2, -0.15) is 5.26 Å². The molecule has 0 saturated heterocycles. The lowest BCUT2D eigenvalue weighted by molar-refractivity contribution is -0.116. The molecule has 4 rings (SSSR count). The number of carbonyl (C=O) groups excluding carboxylic acids is 1. The number of allylic oxidation sites excluding steroid dienone is 3. The first-order valence-corrected chi connectivity index (χ1v) is 11.7. The van der Waals surface area contributed by atoms with Crippen LogP contribution in [0.4, 0.5) is 0 Å². The molecule has 2 aromatic carbocycles. The van der Waals surface area contributed by atoms with Crippen LogP contribution in [0, 0.1) is 11.3 Å². The third-order valence-corrected chi connectivity index (χ3v) is 7.00. The van der Waals surface area contributed by atoms with Gasteiger partial charge >= 0.3 is 0 Å². The fourth-order valence-electron chi connectivity index (χ4n) is 4.37. The molecule has 33 heavy (non-hydrogen) atoms. The van der Waals surface area contributed by atoms with Gasteiger partial charge in [-0.1, -0.05) is 30.3 Å². The third kappa shape index (κ3) is 4.44. The summed E-state index contributed by atoms with van der Waals surface area (Å²) in [5.74, 6) is 1.75. The minimum atomic E-state index is -0.494. The van der Waals surface area contributed by atoms with Gasteiger partial charge in [0, 0.05) is 23.4 Å². The highest BCUT2D eigenvalue weighted by molar-refractivity contribution is 8.02. The number of rotatable bonds is 7. The summed E-state index contributed by atoms with van der Waals surface area (Å²) in [4.78, 5) is 13.1. The first-order chi connectivity index (χ1) is 16.1. The molecule has 0 fully saturated rings. The van der Waals surface area contributed by atoms with Gasteiger partial charge in [0.15, 0.2) is 17.3 Å². The normalized spacial score (nSPS) is 17.8. The SMILES string of the molecule is COc1cc(C2C(C#N)=C(SCc3ccccc3)NC3=C2C(=O)CCC3)cc(OC)c1OC. The van der Waals surface area contributed by atoms with Crippen molar-refractivity contribution in [3.63, 3.8) is 0 Å². The number of nitrogens with zero attached hydrogens (tertiary/aromatic N) is 1. The van der Waals surface area contributed by atoms with Crippen LogP contribution < -0.4 is 19.5 Å². The molecule has 1 heterocycles. The maximum Gasteiger partial charge on any atom is 0.203 e. The molecule has 2 aliphatic rings. The van der Waals surface area contributed by atoms with E-state index in [1.54, 1.807) is 33.1 Å². The van der Waals surface area contributed by atoms with Crippen LogP contribution in [0.15, 0.2) is 64.3 Å². The van der Waals surface area contributed by atoms with Gasteiger partial charge < -0.3 is 19.5 Å². The lowest BCUT2D eigenvalue weighted by Gasteiger charge is -2.33. The van der Waals surface area contributed by atoms with E-state index in [-0.39, 0.29) is 5.78 Å². The Kier molecular flexibility index (Phi) is 6.95. The third-order valence-electron chi connectivity index (χ3n) is 5.91. The summed E-state index contributed by atoms with van der Waals surface area (Å²) < 4.78 is 16.6. The number of hydrogen-bond acceptors (Lipinski definition) is 7. The molecule has 6 nitrogen and oxygen atoms in total. The van der Waals surface area contributed by atoms with E-state index in [2.05, 4.69) is 23.5 Å². The molecule has 0 aromatic heterocycles.